The van der Waals surface area contributed by atoms with E-state index in [-0.39, 0.29) is 5.69 Å². The smallest absolute Gasteiger partial charge is 0.279 e. The Bertz CT molecular complexity index is 861. The molecule has 1 N–H and O–H groups in total. The number of carbonyl (C=O) groups is 1. The summed E-state index contributed by atoms with van der Waals surface area (Å²) in [5, 5.41) is 12.2. The third kappa shape index (κ3) is 3.49. The fraction of sp³-hybridized carbons (Fsp3) is 0.0667. The Kier molecular flexibility index (Phi) is 4.27. The van der Waals surface area contributed by atoms with E-state index in [2.05, 4.69) is 20.5 Å². The molecular weight excluding hydrogens is 337 g/mol. The van der Waals surface area contributed by atoms with Crippen LogP contribution in [0.15, 0.2) is 42.6 Å². The molecule has 116 valence electrons. The van der Waals surface area contributed by atoms with Crippen molar-refractivity contribution in [3.05, 3.63) is 64.0 Å². The van der Waals surface area contributed by atoms with E-state index in [4.69, 9.17) is 23.2 Å². The first kappa shape index (κ1) is 15.5. The van der Waals surface area contributed by atoms with Crippen LogP contribution in [0.25, 0.3) is 5.69 Å². The van der Waals surface area contributed by atoms with Crippen molar-refractivity contribution >= 4 is 34.9 Å². The van der Waals surface area contributed by atoms with Gasteiger partial charge < -0.3 is 5.32 Å². The number of amides is 1. The molecule has 0 saturated heterocycles. The highest BCUT2D eigenvalue weighted by atomic mass is 35.5. The molecule has 6 nitrogen and oxygen atoms in total. The Labute approximate surface area is 142 Å². The number of nitrogens with zero attached hydrogens (tertiary/aromatic N) is 4. The zero-order chi connectivity index (χ0) is 16.4. The third-order valence-corrected chi connectivity index (χ3v) is 3.46. The lowest BCUT2D eigenvalue weighted by atomic mass is 10.3. The van der Waals surface area contributed by atoms with Gasteiger partial charge in [0, 0.05) is 11.2 Å². The Morgan fingerprint density at radius 1 is 1.13 bits per heavy atom. The van der Waals surface area contributed by atoms with Gasteiger partial charge in [0.2, 0.25) is 0 Å². The zero-order valence-electron chi connectivity index (χ0n) is 12.0. The highest BCUT2D eigenvalue weighted by Gasteiger charge is 2.17. The summed E-state index contributed by atoms with van der Waals surface area (Å²) in [4.78, 5) is 17.7. The Hall–Kier alpha value is -2.44. The van der Waals surface area contributed by atoms with Gasteiger partial charge in [-0.05, 0) is 37.3 Å². The summed E-state index contributed by atoms with van der Waals surface area (Å²) in [5.41, 5.74) is 1.38. The van der Waals surface area contributed by atoms with Crippen LogP contribution in [0.4, 0.5) is 5.82 Å². The minimum Gasteiger partial charge on any atom is -0.305 e. The summed E-state index contributed by atoms with van der Waals surface area (Å²) < 4.78 is 0. The number of hydrogen-bond donors (Lipinski definition) is 1. The maximum Gasteiger partial charge on any atom is 0.279 e. The van der Waals surface area contributed by atoms with Crippen molar-refractivity contribution in [3.63, 3.8) is 0 Å². The summed E-state index contributed by atoms with van der Waals surface area (Å²) >= 11 is 11.7. The molecule has 3 aromatic rings. The molecule has 3 rings (SSSR count). The first-order valence-corrected chi connectivity index (χ1v) is 7.41. The topological polar surface area (TPSA) is 72.7 Å². The van der Waals surface area contributed by atoms with E-state index in [9.17, 15) is 4.79 Å². The molecule has 0 aliphatic rings. The highest BCUT2D eigenvalue weighted by molar-refractivity contribution is 6.30. The molecular formula is C15H11Cl2N5O. The average Bonchev–Trinajstić information content (AvgIpc) is 2.92. The molecule has 1 amide bonds. The lowest BCUT2D eigenvalue weighted by molar-refractivity contribution is 0.102. The van der Waals surface area contributed by atoms with Crippen LogP contribution in [0, 0.1) is 6.92 Å². The van der Waals surface area contributed by atoms with Gasteiger partial charge in [0.05, 0.1) is 16.4 Å². The molecule has 0 unspecified atom stereocenters. The quantitative estimate of drug-likeness (QED) is 0.786. The molecule has 0 atom stereocenters. The van der Waals surface area contributed by atoms with Gasteiger partial charge in [-0.3, -0.25) is 4.79 Å². The fourth-order valence-corrected chi connectivity index (χ4v) is 2.23. The number of rotatable bonds is 3. The largest absolute Gasteiger partial charge is 0.305 e. The minimum absolute atomic E-state index is 0.210. The van der Waals surface area contributed by atoms with Crippen molar-refractivity contribution in [2.75, 3.05) is 5.32 Å². The van der Waals surface area contributed by atoms with Crippen LogP contribution < -0.4 is 5.32 Å². The summed E-state index contributed by atoms with van der Waals surface area (Å²) in [6, 6.07) is 10.3. The monoisotopic (exact) mass is 347 g/mol. The SMILES string of the molecule is Cc1nn(-c2cccc(Cl)c2)nc1C(=O)Nc1ccc(Cl)cn1. The van der Waals surface area contributed by atoms with Gasteiger partial charge >= 0.3 is 0 Å². The summed E-state index contributed by atoms with van der Waals surface area (Å²) in [7, 11) is 0. The number of aromatic nitrogens is 4. The summed E-state index contributed by atoms with van der Waals surface area (Å²) in [6.07, 6.45) is 1.45. The second-order valence-electron chi connectivity index (χ2n) is 4.72. The van der Waals surface area contributed by atoms with Gasteiger partial charge in [0.15, 0.2) is 5.69 Å². The highest BCUT2D eigenvalue weighted by Crippen LogP contribution is 2.15. The Balaban J connectivity index is 1.85. The zero-order valence-corrected chi connectivity index (χ0v) is 13.5. The van der Waals surface area contributed by atoms with E-state index in [1.54, 1.807) is 43.3 Å². The van der Waals surface area contributed by atoms with Gasteiger partial charge in [-0.1, -0.05) is 29.3 Å². The molecule has 0 radical (unpaired) electrons. The summed E-state index contributed by atoms with van der Waals surface area (Å²) in [5.74, 6) is -0.0123. The molecule has 0 bridgehead atoms. The third-order valence-electron chi connectivity index (χ3n) is 3.01. The predicted molar refractivity (Wildman–Crippen MR) is 88.3 cm³/mol. The lowest BCUT2D eigenvalue weighted by Gasteiger charge is -2.02. The summed E-state index contributed by atoms with van der Waals surface area (Å²) in [6.45, 7) is 1.71. The molecule has 1 aromatic carbocycles. The first-order valence-electron chi connectivity index (χ1n) is 6.66. The fourth-order valence-electron chi connectivity index (χ4n) is 1.93. The number of aryl methyl sites for hydroxylation is 1. The van der Waals surface area contributed by atoms with Crippen LogP contribution in [-0.4, -0.2) is 25.9 Å². The van der Waals surface area contributed by atoms with Crippen molar-refractivity contribution in [2.24, 2.45) is 0 Å². The molecule has 0 aliphatic carbocycles. The number of hydrogen-bond acceptors (Lipinski definition) is 4. The molecule has 0 spiro atoms. The normalized spacial score (nSPS) is 10.6. The van der Waals surface area contributed by atoms with E-state index < -0.39 is 5.91 Å². The van der Waals surface area contributed by atoms with Crippen molar-refractivity contribution in [1.29, 1.82) is 0 Å². The maximum atomic E-state index is 12.3. The molecule has 2 heterocycles. The van der Waals surface area contributed by atoms with E-state index >= 15 is 0 Å². The van der Waals surface area contributed by atoms with Crippen LogP contribution in [-0.2, 0) is 0 Å². The van der Waals surface area contributed by atoms with Gasteiger partial charge in [-0.25, -0.2) is 4.98 Å². The van der Waals surface area contributed by atoms with Gasteiger partial charge in [0.1, 0.15) is 5.82 Å². The Morgan fingerprint density at radius 3 is 2.65 bits per heavy atom. The second kappa shape index (κ2) is 6.36. The maximum absolute atomic E-state index is 12.3. The predicted octanol–water partition coefficient (Wildman–Crippen LogP) is 3.53. The lowest BCUT2D eigenvalue weighted by Crippen LogP contribution is -2.15. The molecule has 0 saturated carbocycles. The standard InChI is InChI=1S/C15H11Cl2N5O/c1-9-14(15(23)19-13-6-5-11(17)8-18-13)21-22(20-9)12-4-2-3-10(16)7-12/h2-8H,1H3,(H,18,19,23). The molecule has 8 heteroatoms. The second-order valence-corrected chi connectivity index (χ2v) is 5.59. The van der Waals surface area contributed by atoms with Crippen molar-refractivity contribution in [3.8, 4) is 5.69 Å². The van der Waals surface area contributed by atoms with E-state index in [1.165, 1.54) is 11.0 Å². The van der Waals surface area contributed by atoms with Crippen LogP contribution in [0.3, 0.4) is 0 Å². The van der Waals surface area contributed by atoms with E-state index in [0.717, 1.165) is 0 Å². The van der Waals surface area contributed by atoms with Crippen molar-refractivity contribution in [1.82, 2.24) is 20.0 Å². The number of pyridine rings is 1. The number of halogens is 2. The Morgan fingerprint density at radius 2 is 1.96 bits per heavy atom. The van der Waals surface area contributed by atoms with Crippen molar-refractivity contribution < 1.29 is 4.79 Å². The van der Waals surface area contributed by atoms with Gasteiger partial charge in [-0.15, -0.1) is 5.10 Å². The van der Waals surface area contributed by atoms with Gasteiger partial charge in [0.25, 0.3) is 5.91 Å². The van der Waals surface area contributed by atoms with Crippen LogP contribution in [0.1, 0.15) is 16.2 Å². The number of benzene rings is 1. The van der Waals surface area contributed by atoms with Crippen molar-refractivity contribution in [2.45, 2.75) is 6.92 Å². The minimum atomic E-state index is -0.398. The van der Waals surface area contributed by atoms with Crippen LogP contribution in [0.2, 0.25) is 10.0 Å². The molecule has 2 aromatic heterocycles. The molecule has 0 fully saturated rings. The van der Waals surface area contributed by atoms with Gasteiger partial charge in [-0.2, -0.15) is 9.90 Å². The van der Waals surface area contributed by atoms with Crippen LogP contribution >= 0.6 is 23.2 Å². The number of carbonyl (C=O) groups excluding carboxylic acids is 1. The first-order chi connectivity index (χ1) is 11.0. The average molecular weight is 348 g/mol. The van der Waals surface area contributed by atoms with E-state index in [0.29, 0.717) is 27.2 Å². The van der Waals surface area contributed by atoms with Crippen LogP contribution in [0.5, 0.6) is 0 Å². The molecule has 23 heavy (non-hydrogen) atoms. The number of nitrogens with one attached hydrogen (secondary N) is 1. The number of anilines is 1. The van der Waals surface area contributed by atoms with E-state index in [1.807, 2.05) is 0 Å². The molecule has 0 aliphatic heterocycles.